The predicted octanol–water partition coefficient (Wildman–Crippen LogP) is 1.97. The van der Waals surface area contributed by atoms with Gasteiger partial charge in [-0.3, -0.25) is 0 Å². The van der Waals surface area contributed by atoms with E-state index in [1.807, 2.05) is 20.8 Å². The second-order valence-corrected chi connectivity index (χ2v) is 6.36. The number of rotatable bonds is 6. The summed E-state index contributed by atoms with van der Waals surface area (Å²) in [4.78, 5) is 0. The van der Waals surface area contributed by atoms with Gasteiger partial charge < -0.3 is 5.11 Å². The zero-order valence-electron chi connectivity index (χ0n) is 11.9. The summed E-state index contributed by atoms with van der Waals surface area (Å²) in [7, 11) is -1.88. The number of aromatic hydroxyl groups is 1. The molecule has 0 saturated heterocycles. The molecule has 0 amide bonds. The molecule has 1 aromatic carbocycles. The molecule has 1 aromatic rings. The van der Waals surface area contributed by atoms with Gasteiger partial charge in [0.2, 0.25) is 0 Å². The van der Waals surface area contributed by atoms with Gasteiger partial charge in [0, 0.05) is 26.2 Å². The molecule has 0 aliphatic carbocycles. The van der Waals surface area contributed by atoms with Crippen molar-refractivity contribution < 1.29 is 13.5 Å². The Morgan fingerprint density at radius 2 is 1.63 bits per heavy atom. The van der Waals surface area contributed by atoms with Crippen molar-refractivity contribution in [3.63, 3.8) is 0 Å². The highest BCUT2D eigenvalue weighted by Gasteiger charge is 2.28. The Bertz CT molecular complexity index is 495. The van der Waals surface area contributed by atoms with E-state index in [1.165, 1.54) is 8.61 Å². The topological polar surface area (TPSA) is 60.9 Å². The second-order valence-electron chi connectivity index (χ2n) is 4.38. The Morgan fingerprint density at radius 1 is 1.16 bits per heavy atom. The maximum Gasteiger partial charge on any atom is 0.282 e. The molecule has 108 valence electrons. The van der Waals surface area contributed by atoms with Crippen molar-refractivity contribution in [2.45, 2.75) is 26.8 Å². The molecule has 0 bridgehead atoms. The van der Waals surface area contributed by atoms with Crippen LogP contribution in [-0.4, -0.2) is 42.3 Å². The molecule has 0 aliphatic rings. The van der Waals surface area contributed by atoms with Gasteiger partial charge in [0.1, 0.15) is 5.75 Å². The van der Waals surface area contributed by atoms with E-state index in [9.17, 15) is 13.5 Å². The van der Waals surface area contributed by atoms with Gasteiger partial charge in [-0.2, -0.15) is 17.0 Å². The minimum atomic E-state index is -3.45. The van der Waals surface area contributed by atoms with E-state index in [2.05, 4.69) is 0 Å². The number of hydrogen-bond acceptors (Lipinski definition) is 3. The van der Waals surface area contributed by atoms with E-state index in [0.717, 1.165) is 5.56 Å². The maximum atomic E-state index is 12.4. The van der Waals surface area contributed by atoms with Crippen molar-refractivity contribution in [2.24, 2.45) is 0 Å². The first-order valence-corrected chi connectivity index (χ1v) is 7.76. The normalized spacial score (nSPS) is 14.0. The first kappa shape index (κ1) is 15.9. The summed E-state index contributed by atoms with van der Waals surface area (Å²) in [5.74, 6) is 0.171. The Morgan fingerprint density at radius 3 is 2.05 bits per heavy atom. The van der Waals surface area contributed by atoms with Crippen LogP contribution in [-0.2, 0) is 10.2 Å². The summed E-state index contributed by atoms with van der Waals surface area (Å²) >= 11 is 0. The van der Waals surface area contributed by atoms with Gasteiger partial charge in [0.25, 0.3) is 10.2 Å². The predicted molar refractivity (Wildman–Crippen MR) is 76.1 cm³/mol. The molecule has 1 N–H and O–H groups in total. The summed E-state index contributed by atoms with van der Waals surface area (Å²) in [6.45, 7) is 6.37. The highest BCUT2D eigenvalue weighted by molar-refractivity contribution is 7.86. The van der Waals surface area contributed by atoms with Gasteiger partial charge in [-0.15, -0.1) is 0 Å². The molecule has 0 fully saturated rings. The van der Waals surface area contributed by atoms with Crippen LogP contribution in [0.25, 0.3) is 0 Å². The van der Waals surface area contributed by atoms with Gasteiger partial charge in [-0.25, -0.2) is 0 Å². The van der Waals surface area contributed by atoms with E-state index in [4.69, 9.17) is 0 Å². The van der Waals surface area contributed by atoms with Crippen molar-refractivity contribution in [2.75, 3.05) is 20.1 Å². The Kier molecular flexibility index (Phi) is 5.34. The van der Waals surface area contributed by atoms with Gasteiger partial charge in [0.15, 0.2) is 0 Å². The van der Waals surface area contributed by atoms with Crippen LogP contribution in [0.15, 0.2) is 24.3 Å². The zero-order chi connectivity index (χ0) is 14.6. The smallest absolute Gasteiger partial charge is 0.282 e. The molecule has 0 radical (unpaired) electrons. The molecular formula is C13H22N2O3S. The number of benzene rings is 1. The number of nitrogens with zero attached hydrogens (tertiary/aromatic N) is 2. The third-order valence-electron chi connectivity index (χ3n) is 3.32. The standard InChI is InChI=1S/C13H22N2O3S/c1-5-15(6-2)19(17,18)14(4)11(3)12-7-9-13(16)10-8-12/h7-11,16H,5-6H2,1-4H3. The number of phenols is 1. The quantitative estimate of drug-likeness (QED) is 0.869. The Balaban J connectivity index is 2.99. The highest BCUT2D eigenvalue weighted by Crippen LogP contribution is 2.24. The van der Waals surface area contributed by atoms with Crippen LogP contribution in [0, 0.1) is 0 Å². The van der Waals surface area contributed by atoms with E-state index in [0.29, 0.717) is 13.1 Å². The van der Waals surface area contributed by atoms with Crippen LogP contribution < -0.4 is 0 Å². The average Bonchev–Trinajstić information content (AvgIpc) is 2.39. The molecule has 0 aliphatic heterocycles. The summed E-state index contributed by atoms with van der Waals surface area (Å²) in [6, 6.07) is 6.29. The Labute approximate surface area is 115 Å². The molecule has 0 aromatic heterocycles. The minimum absolute atomic E-state index is 0.171. The van der Waals surface area contributed by atoms with Crippen LogP contribution in [0.3, 0.4) is 0 Å². The fourth-order valence-corrected chi connectivity index (χ4v) is 3.43. The minimum Gasteiger partial charge on any atom is -0.508 e. The molecule has 6 heteroatoms. The van der Waals surface area contributed by atoms with Crippen molar-refractivity contribution >= 4 is 10.2 Å². The first-order chi connectivity index (χ1) is 8.84. The third kappa shape index (κ3) is 3.46. The molecule has 1 atom stereocenters. The van der Waals surface area contributed by atoms with Crippen LogP contribution in [0.2, 0.25) is 0 Å². The van der Waals surface area contributed by atoms with E-state index in [1.54, 1.807) is 31.3 Å². The molecule has 0 spiro atoms. The summed E-state index contributed by atoms with van der Waals surface area (Å²) in [6.07, 6.45) is 0. The molecule has 0 saturated carbocycles. The fraction of sp³-hybridized carbons (Fsp3) is 0.538. The highest BCUT2D eigenvalue weighted by atomic mass is 32.2. The largest absolute Gasteiger partial charge is 0.508 e. The van der Waals surface area contributed by atoms with Gasteiger partial charge in [0.05, 0.1) is 0 Å². The van der Waals surface area contributed by atoms with Crippen LogP contribution in [0.1, 0.15) is 32.4 Å². The Hall–Kier alpha value is -1.11. The molecule has 0 heterocycles. The summed E-state index contributed by atoms with van der Waals surface area (Å²) in [5.41, 5.74) is 0.844. The first-order valence-electron chi connectivity index (χ1n) is 6.36. The van der Waals surface area contributed by atoms with Crippen LogP contribution >= 0.6 is 0 Å². The average molecular weight is 286 g/mol. The second kappa shape index (κ2) is 6.36. The van der Waals surface area contributed by atoms with Gasteiger partial charge in [-0.05, 0) is 24.6 Å². The molecular weight excluding hydrogens is 264 g/mol. The molecule has 19 heavy (non-hydrogen) atoms. The lowest BCUT2D eigenvalue weighted by molar-refractivity contribution is 0.340. The van der Waals surface area contributed by atoms with Crippen molar-refractivity contribution in [1.82, 2.24) is 8.61 Å². The van der Waals surface area contributed by atoms with E-state index < -0.39 is 10.2 Å². The molecule has 1 rings (SSSR count). The summed E-state index contributed by atoms with van der Waals surface area (Å²) < 4.78 is 27.5. The fourth-order valence-electron chi connectivity index (χ4n) is 1.89. The number of hydrogen-bond donors (Lipinski definition) is 1. The SMILES string of the molecule is CCN(CC)S(=O)(=O)N(C)C(C)c1ccc(O)cc1. The summed E-state index contributed by atoms with van der Waals surface area (Å²) in [5, 5.41) is 9.26. The third-order valence-corrected chi connectivity index (χ3v) is 5.53. The van der Waals surface area contributed by atoms with Crippen molar-refractivity contribution in [1.29, 1.82) is 0 Å². The molecule has 5 nitrogen and oxygen atoms in total. The van der Waals surface area contributed by atoms with Crippen molar-refractivity contribution in [3.05, 3.63) is 29.8 Å². The van der Waals surface area contributed by atoms with E-state index >= 15 is 0 Å². The maximum absolute atomic E-state index is 12.4. The van der Waals surface area contributed by atoms with Gasteiger partial charge in [-0.1, -0.05) is 26.0 Å². The van der Waals surface area contributed by atoms with Crippen LogP contribution in [0.4, 0.5) is 0 Å². The van der Waals surface area contributed by atoms with Crippen molar-refractivity contribution in [3.8, 4) is 5.75 Å². The van der Waals surface area contributed by atoms with Crippen LogP contribution in [0.5, 0.6) is 5.75 Å². The van der Waals surface area contributed by atoms with Gasteiger partial charge >= 0.3 is 0 Å². The van der Waals surface area contributed by atoms with E-state index in [-0.39, 0.29) is 11.8 Å². The molecule has 1 unspecified atom stereocenters. The zero-order valence-corrected chi connectivity index (χ0v) is 12.7. The lowest BCUT2D eigenvalue weighted by atomic mass is 10.1. The lowest BCUT2D eigenvalue weighted by Crippen LogP contribution is -2.42. The monoisotopic (exact) mass is 286 g/mol. The number of phenolic OH excluding ortho intramolecular Hbond substituents is 1. The lowest BCUT2D eigenvalue weighted by Gasteiger charge is -2.30.